The van der Waals surface area contributed by atoms with Gasteiger partial charge in [-0.05, 0) is 49.9 Å². The van der Waals surface area contributed by atoms with Gasteiger partial charge in [0.2, 0.25) is 0 Å². The van der Waals surface area contributed by atoms with Gasteiger partial charge in [0.15, 0.2) is 0 Å². The maximum Gasteiger partial charge on any atom is 0.119 e. The van der Waals surface area contributed by atoms with Crippen LogP contribution in [0.25, 0.3) is 0 Å². The lowest BCUT2D eigenvalue weighted by Gasteiger charge is -2.13. The van der Waals surface area contributed by atoms with Crippen LogP contribution in [0.1, 0.15) is 25.3 Å². The Morgan fingerprint density at radius 2 is 2.17 bits per heavy atom. The molecule has 1 rings (SSSR count). The third-order valence-corrected chi connectivity index (χ3v) is 3.58. The molecule has 0 aliphatic rings. The molecule has 0 fully saturated rings. The summed E-state index contributed by atoms with van der Waals surface area (Å²) in [6.45, 7) is 3.58. The van der Waals surface area contributed by atoms with Crippen molar-refractivity contribution in [3.05, 3.63) is 28.2 Å². The SMILES string of the molecule is CCOCCCC(N)Cc1cc(OC)ccc1Br. The van der Waals surface area contributed by atoms with Crippen molar-refractivity contribution in [2.45, 2.75) is 32.2 Å². The second kappa shape index (κ2) is 8.51. The van der Waals surface area contributed by atoms with Crippen molar-refractivity contribution >= 4 is 15.9 Å². The van der Waals surface area contributed by atoms with E-state index >= 15 is 0 Å². The first-order chi connectivity index (χ1) is 8.67. The fourth-order valence-corrected chi connectivity index (χ4v) is 2.22. The average Bonchev–Trinajstić information content (AvgIpc) is 2.37. The monoisotopic (exact) mass is 315 g/mol. The second-order valence-electron chi connectivity index (χ2n) is 4.26. The Balaban J connectivity index is 2.45. The van der Waals surface area contributed by atoms with E-state index in [2.05, 4.69) is 15.9 Å². The first-order valence-electron chi connectivity index (χ1n) is 6.33. The van der Waals surface area contributed by atoms with Gasteiger partial charge in [0, 0.05) is 23.7 Å². The van der Waals surface area contributed by atoms with Gasteiger partial charge in [0.1, 0.15) is 5.75 Å². The van der Waals surface area contributed by atoms with Crippen LogP contribution in [0.3, 0.4) is 0 Å². The first-order valence-corrected chi connectivity index (χ1v) is 7.12. The van der Waals surface area contributed by atoms with Crippen LogP contribution in [0.4, 0.5) is 0 Å². The molecule has 3 nitrogen and oxygen atoms in total. The predicted molar refractivity (Wildman–Crippen MR) is 78.1 cm³/mol. The van der Waals surface area contributed by atoms with E-state index in [9.17, 15) is 0 Å². The number of hydrogen-bond donors (Lipinski definition) is 1. The predicted octanol–water partition coefficient (Wildman–Crippen LogP) is 3.14. The van der Waals surface area contributed by atoms with E-state index < -0.39 is 0 Å². The molecule has 1 aromatic rings. The molecule has 0 amide bonds. The van der Waals surface area contributed by atoms with Gasteiger partial charge in [0.25, 0.3) is 0 Å². The van der Waals surface area contributed by atoms with Crippen molar-refractivity contribution in [1.82, 2.24) is 0 Å². The number of benzene rings is 1. The van der Waals surface area contributed by atoms with Crippen molar-refractivity contribution in [1.29, 1.82) is 0 Å². The molecule has 0 heterocycles. The molecule has 0 aliphatic carbocycles. The van der Waals surface area contributed by atoms with Crippen LogP contribution >= 0.6 is 15.9 Å². The minimum atomic E-state index is 0.161. The van der Waals surface area contributed by atoms with Crippen LogP contribution in [0.15, 0.2) is 22.7 Å². The zero-order chi connectivity index (χ0) is 13.4. The summed E-state index contributed by atoms with van der Waals surface area (Å²) >= 11 is 3.55. The third kappa shape index (κ3) is 5.38. The second-order valence-corrected chi connectivity index (χ2v) is 5.12. The number of methoxy groups -OCH3 is 1. The minimum absolute atomic E-state index is 0.161. The van der Waals surface area contributed by atoms with Gasteiger partial charge in [-0.2, -0.15) is 0 Å². The van der Waals surface area contributed by atoms with Gasteiger partial charge in [-0.3, -0.25) is 0 Å². The van der Waals surface area contributed by atoms with Crippen LogP contribution in [0.5, 0.6) is 5.75 Å². The van der Waals surface area contributed by atoms with Crippen molar-refractivity contribution in [3.8, 4) is 5.75 Å². The highest BCUT2D eigenvalue weighted by Gasteiger charge is 2.08. The third-order valence-electron chi connectivity index (χ3n) is 2.80. The average molecular weight is 316 g/mol. The van der Waals surface area contributed by atoms with Crippen LogP contribution < -0.4 is 10.5 Å². The van der Waals surface area contributed by atoms with Crippen molar-refractivity contribution < 1.29 is 9.47 Å². The first kappa shape index (κ1) is 15.5. The van der Waals surface area contributed by atoms with E-state index in [0.717, 1.165) is 42.7 Å². The van der Waals surface area contributed by atoms with E-state index in [-0.39, 0.29) is 6.04 Å². The molecule has 0 aromatic heterocycles. The zero-order valence-corrected chi connectivity index (χ0v) is 12.7. The lowest BCUT2D eigenvalue weighted by Crippen LogP contribution is -2.23. The van der Waals surface area contributed by atoms with E-state index in [1.165, 1.54) is 5.56 Å². The van der Waals surface area contributed by atoms with Crippen molar-refractivity contribution in [2.75, 3.05) is 20.3 Å². The quantitative estimate of drug-likeness (QED) is 0.749. The number of nitrogens with two attached hydrogens (primary N) is 1. The Hall–Kier alpha value is -0.580. The molecule has 102 valence electrons. The number of rotatable bonds is 8. The largest absolute Gasteiger partial charge is 0.497 e. The molecule has 1 aromatic carbocycles. The Kier molecular flexibility index (Phi) is 7.32. The highest BCUT2D eigenvalue weighted by molar-refractivity contribution is 9.10. The van der Waals surface area contributed by atoms with Crippen LogP contribution in [-0.4, -0.2) is 26.4 Å². The summed E-state index contributed by atoms with van der Waals surface area (Å²) in [6, 6.07) is 6.13. The van der Waals surface area contributed by atoms with E-state index in [0.29, 0.717) is 0 Å². The van der Waals surface area contributed by atoms with Crippen molar-refractivity contribution in [2.24, 2.45) is 5.73 Å². The van der Waals surface area contributed by atoms with Crippen LogP contribution in [-0.2, 0) is 11.2 Å². The van der Waals surface area contributed by atoms with Gasteiger partial charge in [0.05, 0.1) is 7.11 Å². The molecule has 0 saturated heterocycles. The lowest BCUT2D eigenvalue weighted by molar-refractivity contribution is 0.142. The Bertz CT molecular complexity index is 358. The molecule has 0 aliphatic heterocycles. The lowest BCUT2D eigenvalue weighted by atomic mass is 10.0. The molecular weight excluding hydrogens is 294 g/mol. The molecule has 4 heteroatoms. The maximum absolute atomic E-state index is 6.13. The highest BCUT2D eigenvalue weighted by atomic mass is 79.9. The maximum atomic E-state index is 6.13. The molecule has 0 spiro atoms. The minimum Gasteiger partial charge on any atom is -0.497 e. The smallest absolute Gasteiger partial charge is 0.119 e. The molecule has 0 saturated carbocycles. The molecule has 18 heavy (non-hydrogen) atoms. The van der Waals surface area contributed by atoms with E-state index in [1.54, 1.807) is 7.11 Å². The highest BCUT2D eigenvalue weighted by Crippen LogP contribution is 2.23. The summed E-state index contributed by atoms with van der Waals surface area (Å²) in [5, 5.41) is 0. The molecular formula is C14H22BrNO2. The molecule has 1 atom stereocenters. The van der Waals surface area contributed by atoms with E-state index in [4.69, 9.17) is 15.2 Å². The fraction of sp³-hybridized carbons (Fsp3) is 0.571. The summed E-state index contributed by atoms with van der Waals surface area (Å²) < 4.78 is 11.6. The zero-order valence-electron chi connectivity index (χ0n) is 11.1. The Labute approximate surface area is 118 Å². The topological polar surface area (TPSA) is 44.5 Å². The number of ether oxygens (including phenoxy) is 2. The van der Waals surface area contributed by atoms with Gasteiger partial charge in [-0.1, -0.05) is 15.9 Å². The summed E-state index contributed by atoms with van der Waals surface area (Å²) in [5.74, 6) is 0.870. The summed E-state index contributed by atoms with van der Waals surface area (Å²) in [6.07, 6.45) is 2.84. The molecule has 0 radical (unpaired) electrons. The molecule has 1 unspecified atom stereocenters. The van der Waals surface area contributed by atoms with Crippen LogP contribution in [0, 0.1) is 0 Å². The fourth-order valence-electron chi connectivity index (χ4n) is 1.81. The molecule has 2 N–H and O–H groups in total. The van der Waals surface area contributed by atoms with Gasteiger partial charge in [-0.25, -0.2) is 0 Å². The number of hydrogen-bond acceptors (Lipinski definition) is 3. The summed E-state index contributed by atoms with van der Waals surface area (Å²) in [7, 11) is 1.68. The van der Waals surface area contributed by atoms with Crippen LogP contribution in [0.2, 0.25) is 0 Å². The molecule has 0 bridgehead atoms. The van der Waals surface area contributed by atoms with E-state index in [1.807, 2.05) is 25.1 Å². The Morgan fingerprint density at radius 1 is 1.39 bits per heavy atom. The summed E-state index contributed by atoms with van der Waals surface area (Å²) in [5.41, 5.74) is 7.32. The van der Waals surface area contributed by atoms with Gasteiger partial charge in [-0.15, -0.1) is 0 Å². The number of halogens is 1. The Morgan fingerprint density at radius 3 is 2.83 bits per heavy atom. The van der Waals surface area contributed by atoms with Gasteiger partial charge >= 0.3 is 0 Å². The summed E-state index contributed by atoms with van der Waals surface area (Å²) in [4.78, 5) is 0. The van der Waals surface area contributed by atoms with Crippen molar-refractivity contribution in [3.63, 3.8) is 0 Å². The normalized spacial score (nSPS) is 12.4. The van der Waals surface area contributed by atoms with Gasteiger partial charge < -0.3 is 15.2 Å². The standard InChI is InChI=1S/C14H22BrNO2/c1-3-18-8-4-5-12(16)9-11-10-13(17-2)6-7-14(11)15/h6-7,10,12H,3-5,8-9,16H2,1-2H3.